The number of nitrogens with one attached hydrogen (secondary N) is 1. The first-order valence-electron chi connectivity index (χ1n) is 9.67. The summed E-state index contributed by atoms with van der Waals surface area (Å²) in [6.07, 6.45) is -4.36. The Labute approximate surface area is 173 Å². The fraction of sp³-hybridized carbons (Fsp3) is 0.409. The van der Waals surface area contributed by atoms with Gasteiger partial charge in [0.15, 0.2) is 11.5 Å². The largest absolute Gasteiger partial charge is 0.486 e. The predicted molar refractivity (Wildman–Crippen MR) is 105 cm³/mol. The van der Waals surface area contributed by atoms with Gasteiger partial charge in [0.2, 0.25) is 0 Å². The van der Waals surface area contributed by atoms with Gasteiger partial charge < -0.3 is 19.5 Å². The van der Waals surface area contributed by atoms with E-state index in [9.17, 15) is 18.0 Å². The Hall–Kier alpha value is -2.74. The van der Waals surface area contributed by atoms with Crippen molar-refractivity contribution in [2.45, 2.75) is 32.7 Å². The smallest absolute Gasteiger partial charge is 0.411 e. The quantitative estimate of drug-likeness (QED) is 0.704. The molecule has 8 heteroatoms. The molecule has 1 N–H and O–H groups in total. The number of halogens is 3. The third-order valence-corrected chi connectivity index (χ3v) is 4.63. The van der Waals surface area contributed by atoms with Gasteiger partial charge in [-0.3, -0.25) is 4.79 Å². The highest BCUT2D eigenvalue weighted by molar-refractivity contribution is 5.94. The molecular weight excluding hydrogens is 399 g/mol. The Morgan fingerprint density at radius 1 is 1.07 bits per heavy atom. The number of hydrogen-bond donors (Lipinski definition) is 1. The SMILES string of the molecule is CC(C)C(NC(=O)c1ccc(COCC(F)(F)F)cc1)c1ccc2c(c1)OCCO2. The van der Waals surface area contributed by atoms with E-state index in [0.717, 1.165) is 5.56 Å². The van der Waals surface area contributed by atoms with Gasteiger partial charge in [0.1, 0.15) is 19.8 Å². The van der Waals surface area contributed by atoms with Crippen molar-refractivity contribution >= 4 is 5.91 Å². The summed E-state index contributed by atoms with van der Waals surface area (Å²) in [6, 6.07) is 11.7. The summed E-state index contributed by atoms with van der Waals surface area (Å²) in [5.74, 6) is 1.18. The molecule has 0 saturated carbocycles. The topological polar surface area (TPSA) is 56.8 Å². The van der Waals surface area contributed by atoms with Crippen molar-refractivity contribution in [3.8, 4) is 11.5 Å². The van der Waals surface area contributed by atoms with Crippen LogP contribution in [0.1, 0.15) is 41.4 Å². The molecule has 1 heterocycles. The van der Waals surface area contributed by atoms with Crippen LogP contribution in [-0.2, 0) is 11.3 Å². The minimum atomic E-state index is -4.36. The summed E-state index contributed by atoms with van der Waals surface area (Å²) in [5.41, 5.74) is 1.88. The first-order chi connectivity index (χ1) is 14.2. The third-order valence-electron chi connectivity index (χ3n) is 4.63. The number of alkyl halides is 3. The van der Waals surface area contributed by atoms with Crippen LogP contribution in [-0.4, -0.2) is 31.9 Å². The molecule has 0 aromatic heterocycles. The maximum Gasteiger partial charge on any atom is 0.411 e. The zero-order chi connectivity index (χ0) is 21.7. The van der Waals surface area contributed by atoms with Crippen LogP contribution >= 0.6 is 0 Å². The Morgan fingerprint density at radius 3 is 2.37 bits per heavy atom. The van der Waals surface area contributed by atoms with Crippen LogP contribution < -0.4 is 14.8 Å². The van der Waals surface area contributed by atoms with Crippen molar-refractivity contribution in [2.24, 2.45) is 5.92 Å². The molecule has 1 aliphatic rings. The molecule has 0 bridgehead atoms. The number of ether oxygens (including phenoxy) is 3. The molecule has 0 saturated heterocycles. The highest BCUT2D eigenvalue weighted by Crippen LogP contribution is 2.34. The van der Waals surface area contributed by atoms with Gasteiger partial charge in [0.25, 0.3) is 5.91 Å². The lowest BCUT2D eigenvalue weighted by Gasteiger charge is -2.25. The molecule has 162 valence electrons. The predicted octanol–water partition coefficient (Wildman–Crippen LogP) is 4.66. The number of carbonyl (C=O) groups excluding carboxylic acids is 1. The first-order valence-corrected chi connectivity index (χ1v) is 9.67. The number of fused-ring (bicyclic) bond motifs is 1. The van der Waals surface area contributed by atoms with Crippen LogP contribution in [0.3, 0.4) is 0 Å². The van der Waals surface area contributed by atoms with Gasteiger partial charge in [-0.05, 0) is 41.3 Å². The Bertz CT molecular complexity index is 866. The summed E-state index contributed by atoms with van der Waals surface area (Å²) in [5, 5.41) is 3.02. The van der Waals surface area contributed by atoms with Crippen LogP contribution in [0.2, 0.25) is 0 Å². The van der Waals surface area contributed by atoms with E-state index >= 15 is 0 Å². The average molecular weight is 423 g/mol. The van der Waals surface area contributed by atoms with E-state index in [4.69, 9.17) is 9.47 Å². The van der Waals surface area contributed by atoms with Crippen molar-refractivity contribution < 1.29 is 32.2 Å². The molecule has 2 aromatic carbocycles. The fourth-order valence-corrected chi connectivity index (χ4v) is 3.15. The molecular formula is C22H24F3NO4. The molecule has 1 atom stereocenters. The third kappa shape index (κ3) is 5.89. The van der Waals surface area contributed by atoms with Crippen molar-refractivity contribution in [3.63, 3.8) is 0 Å². The van der Waals surface area contributed by atoms with Gasteiger partial charge in [-0.15, -0.1) is 0 Å². The zero-order valence-electron chi connectivity index (χ0n) is 16.8. The maximum atomic E-state index is 12.7. The van der Waals surface area contributed by atoms with Crippen LogP contribution in [0.15, 0.2) is 42.5 Å². The van der Waals surface area contributed by atoms with E-state index in [1.54, 1.807) is 24.3 Å². The molecule has 1 amide bonds. The van der Waals surface area contributed by atoms with Crippen LogP contribution in [0.4, 0.5) is 13.2 Å². The van der Waals surface area contributed by atoms with Crippen molar-refractivity contribution in [3.05, 3.63) is 59.2 Å². The van der Waals surface area contributed by atoms with Gasteiger partial charge in [0.05, 0.1) is 12.6 Å². The summed E-state index contributed by atoms with van der Waals surface area (Å²) >= 11 is 0. The number of amides is 1. The second kappa shape index (κ2) is 9.38. The first kappa shape index (κ1) is 22.0. The second-order valence-electron chi connectivity index (χ2n) is 7.40. The summed E-state index contributed by atoms with van der Waals surface area (Å²) < 4.78 is 52.3. The number of rotatable bonds is 7. The van der Waals surface area contributed by atoms with Crippen molar-refractivity contribution in [2.75, 3.05) is 19.8 Å². The van der Waals surface area contributed by atoms with Crippen LogP contribution in [0.5, 0.6) is 11.5 Å². The second-order valence-corrected chi connectivity index (χ2v) is 7.40. The highest BCUT2D eigenvalue weighted by atomic mass is 19.4. The van der Waals surface area contributed by atoms with Gasteiger partial charge in [-0.1, -0.05) is 32.0 Å². The summed E-state index contributed by atoms with van der Waals surface area (Å²) in [4.78, 5) is 12.7. The molecule has 3 rings (SSSR count). The summed E-state index contributed by atoms with van der Waals surface area (Å²) in [6.45, 7) is 3.52. The number of hydrogen-bond acceptors (Lipinski definition) is 4. The lowest BCUT2D eigenvalue weighted by molar-refractivity contribution is -0.176. The number of benzene rings is 2. The minimum absolute atomic E-state index is 0.117. The Morgan fingerprint density at radius 2 is 1.73 bits per heavy atom. The van der Waals surface area contributed by atoms with E-state index in [1.807, 2.05) is 32.0 Å². The Kier molecular flexibility index (Phi) is 6.87. The van der Waals surface area contributed by atoms with E-state index in [2.05, 4.69) is 10.1 Å². The van der Waals surface area contributed by atoms with Gasteiger partial charge >= 0.3 is 6.18 Å². The molecule has 0 aliphatic carbocycles. The molecule has 0 radical (unpaired) electrons. The normalized spacial score (nSPS) is 14.5. The minimum Gasteiger partial charge on any atom is -0.486 e. The van der Waals surface area contributed by atoms with E-state index < -0.39 is 12.8 Å². The molecule has 2 aromatic rings. The fourth-order valence-electron chi connectivity index (χ4n) is 3.15. The molecule has 1 aliphatic heterocycles. The maximum absolute atomic E-state index is 12.7. The van der Waals surface area contributed by atoms with Gasteiger partial charge in [0, 0.05) is 5.56 Å². The summed E-state index contributed by atoms with van der Waals surface area (Å²) in [7, 11) is 0. The molecule has 30 heavy (non-hydrogen) atoms. The highest BCUT2D eigenvalue weighted by Gasteiger charge is 2.27. The lowest BCUT2D eigenvalue weighted by Crippen LogP contribution is -2.32. The van der Waals surface area contributed by atoms with Gasteiger partial charge in [-0.2, -0.15) is 13.2 Å². The molecule has 0 fully saturated rings. The van der Waals surface area contributed by atoms with E-state index in [-0.39, 0.29) is 24.5 Å². The van der Waals surface area contributed by atoms with Crippen LogP contribution in [0, 0.1) is 5.92 Å². The average Bonchev–Trinajstić information content (AvgIpc) is 2.71. The van der Waals surface area contributed by atoms with Gasteiger partial charge in [-0.25, -0.2) is 0 Å². The molecule has 5 nitrogen and oxygen atoms in total. The van der Waals surface area contributed by atoms with Crippen molar-refractivity contribution in [1.29, 1.82) is 0 Å². The van der Waals surface area contributed by atoms with E-state index in [0.29, 0.717) is 35.8 Å². The number of carbonyl (C=O) groups is 1. The van der Waals surface area contributed by atoms with Crippen molar-refractivity contribution in [1.82, 2.24) is 5.32 Å². The van der Waals surface area contributed by atoms with Crippen LogP contribution in [0.25, 0.3) is 0 Å². The standard InChI is InChI=1S/C22H24F3NO4/c1-14(2)20(17-7-8-18-19(11-17)30-10-9-29-18)26-21(27)16-5-3-15(4-6-16)12-28-13-22(23,24)25/h3-8,11,14,20H,9-10,12-13H2,1-2H3,(H,26,27). The Balaban J connectivity index is 1.65. The lowest BCUT2D eigenvalue weighted by atomic mass is 9.95. The van der Waals surface area contributed by atoms with E-state index in [1.165, 1.54) is 0 Å². The zero-order valence-corrected chi connectivity index (χ0v) is 16.8. The molecule has 0 spiro atoms. The monoisotopic (exact) mass is 423 g/mol. The molecule has 1 unspecified atom stereocenters.